The minimum Gasteiger partial charge on any atom is -0.507 e. The Balaban J connectivity index is 2.54. The Labute approximate surface area is 111 Å². The van der Waals surface area contributed by atoms with Crippen LogP contribution in [0.5, 0.6) is 11.5 Å². The summed E-state index contributed by atoms with van der Waals surface area (Å²) in [6, 6.07) is 4.29. The van der Waals surface area contributed by atoms with E-state index in [1.54, 1.807) is 6.07 Å². The van der Waals surface area contributed by atoms with Gasteiger partial charge in [-0.3, -0.25) is 4.79 Å². The highest BCUT2D eigenvalue weighted by molar-refractivity contribution is 7.88. The van der Waals surface area contributed by atoms with E-state index in [4.69, 9.17) is 4.74 Å². The van der Waals surface area contributed by atoms with Crippen molar-refractivity contribution in [2.75, 3.05) is 26.5 Å². The maximum atomic E-state index is 11.7. The molecule has 1 aromatic carbocycles. The summed E-state index contributed by atoms with van der Waals surface area (Å²) in [6.07, 6.45) is 1.03. The van der Waals surface area contributed by atoms with Crippen molar-refractivity contribution in [2.24, 2.45) is 0 Å². The number of ether oxygens (including phenoxy) is 1. The Morgan fingerprint density at radius 1 is 1.37 bits per heavy atom. The van der Waals surface area contributed by atoms with Crippen molar-refractivity contribution in [3.63, 3.8) is 0 Å². The molecule has 7 nitrogen and oxygen atoms in total. The molecule has 0 fully saturated rings. The van der Waals surface area contributed by atoms with Crippen LogP contribution in [0.15, 0.2) is 18.2 Å². The van der Waals surface area contributed by atoms with Gasteiger partial charge in [0.25, 0.3) is 5.91 Å². The summed E-state index contributed by atoms with van der Waals surface area (Å²) in [5.74, 6) is -0.254. The zero-order chi connectivity index (χ0) is 14.5. The van der Waals surface area contributed by atoms with Crippen LogP contribution in [0.1, 0.15) is 10.4 Å². The van der Waals surface area contributed by atoms with Gasteiger partial charge < -0.3 is 15.2 Å². The average Bonchev–Trinajstić information content (AvgIpc) is 2.33. The Hall–Kier alpha value is -1.80. The summed E-state index contributed by atoms with van der Waals surface area (Å²) in [6.45, 7) is 0.207. The van der Waals surface area contributed by atoms with Crippen LogP contribution in [0, 0.1) is 0 Å². The van der Waals surface area contributed by atoms with Gasteiger partial charge in [-0.15, -0.1) is 0 Å². The zero-order valence-corrected chi connectivity index (χ0v) is 11.5. The molecule has 3 N–H and O–H groups in total. The summed E-state index contributed by atoms with van der Waals surface area (Å²) >= 11 is 0. The molecule has 0 atom stereocenters. The van der Waals surface area contributed by atoms with Crippen molar-refractivity contribution in [2.45, 2.75) is 0 Å². The molecule has 0 bridgehead atoms. The smallest absolute Gasteiger partial charge is 0.255 e. The van der Waals surface area contributed by atoms with Gasteiger partial charge in [-0.05, 0) is 12.1 Å². The monoisotopic (exact) mass is 288 g/mol. The highest BCUT2D eigenvalue weighted by Gasteiger charge is 2.11. The number of sulfonamides is 1. The highest BCUT2D eigenvalue weighted by Crippen LogP contribution is 2.22. The van der Waals surface area contributed by atoms with Crippen molar-refractivity contribution in [3.05, 3.63) is 23.8 Å². The molecular formula is C11H16N2O5S. The molecule has 0 aliphatic rings. The first-order valence-electron chi connectivity index (χ1n) is 5.43. The largest absolute Gasteiger partial charge is 0.507 e. The van der Waals surface area contributed by atoms with Gasteiger partial charge in [0.2, 0.25) is 10.0 Å². The number of nitrogens with one attached hydrogen (secondary N) is 2. The van der Waals surface area contributed by atoms with Crippen LogP contribution < -0.4 is 14.8 Å². The van der Waals surface area contributed by atoms with Crippen molar-refractivity contribution >= 4 is 15.9 Å². The Kier molecular flexibility index (Phi) is 5.13. The lowest BCUT2D eigenvalue weighted by Gasteiger charge is -2.08. The van der Waals surface area contributed by atoms with E-state index in [1.807, 2.05) is 0 Å². The summed E-state index contributed by atoms with van der Waals surface area (Å²) in [5.41, 5.74) is 0.0974. The van der Waals surface area contributed by atoms with E-state index in [1.165, 1.54) is 19.2 Å². The van der Waals surface area contributed by atoms with Crippen LogP contribution in [-0.2, 0) is 10.0 Å². The lowest BCUT2D eigenvalue weighted by Crippen LogP contribution is -2.34. The fourth-order valence-electron chi connectivity index (χ4n) is 1.34. The summed E-state index contributed by atoms with van der Waals surface area (Å²) in [4.78, 5) is 11.7. The van der Waals surface area contributed by atoms with Gasteiger partial charge in [0, 0.05) is 19.2 Å². The minimum absolute atomic E-state index is 0.0848. The Morgan fingerprint density at radius 3 is 2.58 bits per heavy atom. The Morgan fingerprint density at radius 2 is 2.05 bits per heavy atom. The molecule has 106 valence electrons. The third-order valence-electron chi connectivity index (χ3n) is 2.22. The highest BCUT2D eigenvalue weighted by atomic mass is 32.2. The molecule has 0 aromatic heterocycles. The number of methoxy groups -OCH3 is 1. The second kappa shape index (κ2) is 6.39. The lowest BCUT2D eigenvalue weighted by atomic mass is 10.2. The molecule has 1 amide bonds. The molecule has 0 spiro atoms. The van der Waals surface area contributed by atoms with Crippen molar-refractivity contribution < 1.29 is 23.1 Å². The standard InChI is InChI=1S/C11H16N2O5S/c1-18-8-3-4-9(10(14)7-8)11(15)12-5-6-13-19(2,16)17/h3-4,7,13-14H,5-6H2,1-2H3,(H,12,15). The normalized spacial score (nSPS) is 11.1. The third-order valence-corrected chi connectivity index (χ3v) is 2.95. The quantitative estimate of drug-likeness (QED) is 0.622. The maximum Gasteiger partial charge on any atom is 0.255 e. The molecular weight excluding hydrogens is 272 g/mol. The van der Waals surface area contributed by atoms with Crippen molar-refractivity contribution in [1.82, 2.24) is 10.0 Å². The van der Waals surface area contributed by atoms with Crippen LogP contribution in [0.2, 0.25) is 0 Å². The molecule has 19 heavy (non-hydrogen) atoms. The molecule has 1 aromatic rings. The predicted octanol–water partition coefficient (Wildman–Crippen LogP) is -0.320. The van der Waals surface area contributed by atoms with Gasteiger partial charge >= 0.3 is 0 Å². The lowest BCUT2D eigenvalue weighted by molar-refractivity contribution is 0.0951. The number of aromatic hydroxyl groups is 1. The van der Waals surface area contributed by atoms with Crippen LogP contribution in [0.4, 0.5) is 0 Å². The fraction of sp³-hybridized carbons (Fsp3) is 0.364. The number of hydrogen-bond donors (Lipinski definition) is 3. The fourth-order valence-corrected chi connectivity index (χ4v) is 1.81. The first kappa shape index (κ1) is 15.3. The Bertz CT molecular complexity index is 556. The van der Waals surface area contributed by atoms with Gasteiger partial charge in [-0.25, -0.2) is 13.1 Å². The van der Waals surface area contributed by atoms with E-state index in [0.717, 1.165) is 6.26 Å². The zero-order valence-electron chi connectivity index (χ0n) is 10.6. The third kappa shape index (κ3) is 5.14. The van der Waals surface area contributed by atoms with E-state index < -0.39 is 15.9 Å². The van der Waals surface area contributed by atoms with Crippen LogP contribution in [0.3, 0.4) is 0 Å². The van der Waals surface area contributed by atoms with Crippen molar-refractivity contribution in [3.8, 4) is 11.5 Å². The van der Waals surface area contributed by atoms with Crippen LogP contribution in [0.25, 0.3) is 0 Å². The summed E-state index contributed by atoms with van der Waals surface area (Å²) in [5, 5.41) is 12.1. The van der Waals surface area contributed by atoms with Crippen LogP contribution >= 0.6 is 0 Å². The number of benzene rings is 1. The number of carbonyl (C=O) groups excluding carboxylic acids is 1. The first-order valence-corrected chi connectivity index (χ1v) is 7.32. The van der Waals surface area contributed by atoms with E-state index in [9.17, 15) is 18.3 Å². The molecule has 8 heteroatoms. The van der Waals surface area contributed by atoms with E-state index >= 15 is 0 Å². The second-order valence-corrected chi connectivity index (χ2v) is 5.64. The summed E-state index contributed by atoms with van der Waals surface area (Å²) < 4.78 is 28.7. The van der Waals surface area contributed by atoms with Gasteiger partial charge in [0.1, 0.15) is 11.5 Å². The topological polar surface area (TPSA) is 105 Å². The van der Waals surface area contributed by atoms with Crippen molar-refractivity contribution in [1.29, 1.82) is 0 Å². The van der Waals surface area contributed by atoms with Gasteiger partial charge in [-0.1, -0.05) is 0 Å². The van der Waals surface area contributed by atoms with E-state index in [-0.39, 0.29) is 24.4 Å². The summed E-state index contributed by atoms with van der Waals surface area (Å²) in [7, 11) is -1.82. The van der Waals surface area contributed by atoms with E-state index in [0.29, 0.717) is 5.75 Å². The maximum absolute atomic E-state index is 11.7. The second-order valence-electron chi connectivity index (χ2n) is 3.81. The molecule has 0 saturated carbocycles. The average molecular weight is 288 g/mol. The number of carbonyl (C=O) groups is 1. The number of amides is 1. The number of phenolic OH excluding ortho intramolecular Hbond substituents is 1. The molecule has 0 heterocycles. The molecule has 0 saturated heterocycles. The number of phenols is 1. The SMILES string of the molecule is COc1ccc(C(=O)NCCNS(C)(=O)=O)c(O)c1. The van der Waals surface area contributed by atoms with Crippen LogP contribution in [-0.4, -0.2) is 45.9 Å². The molecule has 0 aliphatic carbocycles. The molecule has 0 unspecified atom stereocenters. The van der Waals surface area contributed by atoms with Gasteiger partial charge in [0.15, 0.2) is 0 Å². The molecule has 1 rings (SSSR count). The van der Waals surface area contributed by atoms with Gasteiger partial charge in [0.05, 0.1) is 18.9 Å². The number of rotatable bonds is 6. The number of hydrogen-bond acceptors (Lipinski definition) is 5. The van der Waals surface area contributed by atoms with Gasteiger partial charge in [-0.2, -0.15) is 0 Å². The molecule has 0 aliphatic heterocycles. The van der Waals surface area contributed by atoms with E-state index in [2.05, 4.69) is 10.0 Å². The first-order chi connectivity index (χ1) is 8.83. The predicted molar refractivity (Wildman–Crippen MR) is 69.8 cm³/mol. The minimum atomic E-state index is -3.27. The molecule has 0 radical (unpaired) electrons.